The molecule has 0 fully saturated rings. The number of thiophene rings is 1. The van der Waals surface area contributed by atoms with E-state index in [9.17, 15) is 4.39 Å². The van der Waals surface area contributed by atoms with Crippen LogP contribution >= 0.6 is 11.3 Å². The van der Waals surface area contributed by atoms with Crippen LogP contribution in [0.15, 0.2) is 18.2 Å². The monoisotopic (exact) mass is 197 g/mol. The quantitative estimate of drug-likeness (QED) is 0.735. The molecule has 1 aromatic heterocycles. The van der Waals surface area contributed by atoms with Gasteiger partial charge in [0.15, 0.2) is 0 Å². The second kappa shape index (κ2) is 2.97. The molecule has 0 saturated carbocycles. The average Bonchev–Trinajstić information content (AvgIpc) is 2.45. The molecule has 0 bridgehead atoms. The van der Waals surface area contributed by atoms with Gasteiger partial charge in [-0.1, -0.05) is 12.1 Å². The summed E-state index contributed by atoms with van der Waals surface area (Å²) < 4.78 is 13.7. The number of hydrogen-bond donors (Lipinski definition) is 2. The van der Waals surface area contributed by atoms with Gasteiger partial charge >= 0.3 is 0 Å². The zero-order valence-electron chi connectivity index (χ0n) is 6.75. The minimum Gasteiger partial charge on any atom is -0.397 e. The van der Waals surface area contributed by atoms with Crippen molar-refractivity contribution in [1.29, 1.82) is 0 Å². The van der Waals surface area contributed by atoms with Crippen LogP contribution in [0.2, 0.25) is 0 Å². The Morgan fingerprint density at radius 1 is 1.46 bits per heavy atom. The number of nitrogen functional groups attached to an aromatic ring is 1. The molecule has 3 N–H and O–H groups in total. The van der Waals surface area contributed by atoms with Crippen molar-refractivity contribution in [3.8, 4) is 0 Å². The average molecular weight is 197 g/mol. The molecule has 0 aliphatic rings. The third-order valence-electron chi connectivity index (χ3n) is 1.93. The molecule has 0 aliphatic heterocycles. The highest BCUT2D eigenvalue weighted by molar-refractivity contribution is 7.19. The SMILES string of the molecule is Nc1c(CO)sc2c(F)cccc12. The lowest BCUT2D eigenvalue weighted by Gasteiger charge is -1.92. The van der Waals surface area contributed by atoms with Gasteiger partial charge in [0.1, 0.15) is 5.82 Å². The van der Waals surface area contributed by atoms with Crippen molar-refractivity contribution in [2.75, 3.05) is 5.73 Å². The number of rotatable bonds is 1. The number of benzene rings is 1. The lowest BCUT2D eigenvalue weighted by atomic mass is 10.2. The largest absolute Gasteiger partial charge is 0.397 e. The molecular formula is C9H8FNOS. The normalized spacial score (nSPS) is 10.9. The summed E-state index contributed by atoms with van der Waals surface area (Å²) >= 11 is 1.20. The fourth-order valence-corrected chi connectivity index (χ4v) is 2.25. The number of fused-ring (bicyclic) bond motifs is 1. The maximum atomic E-state index is 13.2. The van der Waals surface area contributed by atoms with Crippen LogP contribution in [0, 0.1) is 5.82 Å². The molecule has 0 atom stereocenters. The third-order valence-corrected chi connectivity index (χ3v) is 3.14. The summed E-state index contributed by atoms with van der Waals surface area (Å²) in [5.74, 6) is -0.283. The number of nitrogens with two attached hydrogens (primary N) is 1. The Balaban J connectivity index is 2.83. The van der Waals surface area contributed by atoms with Gasteiger partial charge < -0.3 is 10.8 Å². The van der Waals surface area contributed by atoms with Crippen LogP contribution in [0.3, 0.4) is 0 Å². The molecule has 0 amide bonds. The molecule has 68 valence electrons. The molecule has 0 spiro atoms. The first-order valence-corrected chi connectivity index (χ1v) is 4.62. The second-order valence-electron chi connectivity index (χ2n) is 2.71. The molecule has 2 nitrogen and oxygen atoms in total. The molecule has 13 heavy (non-hydrogen) atoms. The zero-order chi connectivity index (χ0) is 9.42. The topological polar surface area (TPSA) is 46.2 Å². The predicted molar refractivity (Wildman–Crippen MR) is 52.1 cm³/mol. The van der Waals surface area contributed by atoms with E-state index in [2.05, 4.69) is 0 Å². The van der Waals surface area contributed by atoms with Gasteiger partial charge in [0.05, 0.1) is 21.9 Å². The molecule has 1 aromatic carbocycles. The number of aliphatic hydroxyl groups excluding tert-OH is 1. The Bertz CT molecular complexity index is 452. The Hall–Kier alpha value is -1.13. The highest BCUT2D eigenvalue weighted by Crippen LogP contribution is 2.34. The third kappa shape index (κ3) is 1.18. The number of aliphatic hydroxyl groups is 1. The predicted octanol–water partition coefficient (Wildman–Crippen LogP) is 2.11. The molecule has 0 unspecified atom stereocenters. The van der Waals surface area contributed by atoms with E-state index in [1.807, 2.05) is 0 Å². The maximum Gasteiger partial charge on any atom is 0.141 e. The van der Waals surface area contributed by atoms with E-state index in [0.717, 1.165) is 0 Å². The maximum absolute atomic E-state index is 13.2. The summed E-state index contributed by atoms with van der Waals surface area (Å²) in [5, 5.41) is 9.61. The molecule has 4 heteroatoms. The molecule has 1 heterocycles. The minimum absolute atomic E-state index is 0.134. The van der Waals surface area contributed by atoms with E-state index in [1.54, 1.807) is 12.1 Å². The molecule has 2 rings (SSSR count). The van der Waals surface area contributed by atoms with Crippen molar-refractivity contribution in [2.45, 2.75) is 6.61 Å². The van der Waals surface area contributed by atoms with Gasteiger partial charge in [-0.2, -0.15) is 0 Å². The van der Waals surface area contributed by atoms with E-state index in [1.165, 1.54) is 17.4 Å². The van der Waals surface area contributed by atoms with E-state index in [-0.39, 0.29) is 12.4 Å². The molecular weight excluding hydrogens is 189 g/mol. The number of hydrogen-bond acceptors (Lipinski definition) is 3. The van der Waals surface area contributed by atoms with Crippen LogP contribution in [0.25, 0.3) is 10.1 Å². The first-order chi connectivity index (χ1) is 6.24. The number of anilines is 1. The van der Waals surface area contributed by atoms with Gasteiger partial charge in [-0.25, -0.2) is 4.39 Å². The first kappa shape index (κ1) is 8.47. The summed E-state index contributed by atoms with van der Waals surface area (Å²) in [6.45, 7) is -0.134. The van der Waals surface area contributed by atoms with Crippen LogP contribution in [0.1, 0.15) is 4.88 Å². The summed E-state index contributed by atoms with van der Waals surface area (Å²) in [6.07, 6.45) is 0. The van der Waals surface area contributed by atoms with Crippen molar-refractivity contribution in [3.05, 3.63) is 28.9 Å². The van der Waals surface area contributed by atoms with Crippen molar-refractivity contribution >= 4 is 27.1 Å². The summed E-state index contributed by atoms with van der Waals surface area (Å²) in [6, 6.07) is 4.75. The van der Waals surface area contributed by atoms with Gasteiger partial charge in [0, 0.05) is 5.39 Å². The molecule has 2 aromatic rings. The van der Waals surface area contributed by atoms with Gasteiger partial charge in [-0.05, 0) is 6.07 Å². The summed E-state index contributed by atoms with van der Waals surface area (Å²) in [7, 11) is 0. The zero-order valence-corrected chi connectivity index (χ0v) is 7.57. The minimum atomic E-state index is -0.283. The van der Waals surface area contributed by atoms with Gasteiger partial charge in [0.25, 0.3) is 0 Å². The van der Waals surface area contributed by atoms with Crippen molar-refractivity contribution in [1.82, 2.24) is 0 Å². The highest BCUT2D eigenvalue weighted by Gasteiger charge is 2.10. The van der Waals surface area contributed by atoms with Crippen LogP contribution in [-0.4, -0.2) is 5.11 Å². The first-order valence-electron chi connectivity index (χ1n) is 3.80. The second-order valence-corrected chi connectivity index (χ2v) is 3.82. The van der Waals surface area contributed by atoms with Crippen LogP contribution in [0.4, 0.5) is 10.1 Å². The van der Waals surface area contributed by atoms with Crippen LogP contribution in [0.5, 0.6) is 0 Å². The van der Waals surface area contributed by atoms with E-state index >= 15 is 0 Å². The fraction of sp³-hybridized carbons (Fsp3) is 0.111. The Labute approximate surface area is 78.4 Å². The Morgan fingerprint density at radius 2 is 2.23 bits per heavy atom. The molecule has 0 aliphatic carbocycles. The van der Waals surface area contributed by atoms with E-state index < -0.39 is 0 Å². The highest BCUT2D eigenvalue weighted by atomic mass is 32.1. The van der Waals surface area contributed by atoms with Crippen LogP contribution < -0.4 is 5.73 Å². The van der Waals surface area contributed by atoms with Gasteiger partial charge in [0.2, 0.25) is 0 Å². The van der Waals surface area contributed by atoms with Crippen LogP contribution in [-0.2, 0) is 6.61 Å². The fourth-order valence-electron chi connectivity index (χ4n) is 1.27. The summed E-state index contributed by atoms with van der Waals surface area (Å²) in [4.78, 5) is 0.625. The Kier molecular flexibility index (Phi) is 1.94. The van der Waals surface area contributed by atoms with Gasteiger partial charge in [-0.3, -0.25) is 0 Å². The lowest BCUT2D eigenvalue weighted by molar-refractivity contribution is 0.286. The number of halogens is 1. The van der Waals surface area contributed by atoms with E-state index in [0.29, 0.717) is 20.7 Å². The van der Waals surface area contributed by atoms with Crippen molar-refractivity contribution < 1.29 is 9.50 Å². The smallest absolute Gasteiger partial charge is 0.141 e. The van der Waals surface area contributed by atoms with Crippen molar-refractivity contribution in [3.63, 3.8) is 0 Å². The standard InChI is InChI=1S/C9H8FNOS/c10-6-3-1-2-5-8(11)7(4-12)13-9(5)6/h1-3,12H,4,11H2. The molecule has 0 saturated heterocycles. The summed E-state index contributed by atoms with van der Waals surface area (Å²) in [5.41, 5.74) is 6.19. The van der Waals surface area contributed by atoms with E-state index in [4.69, 9.17) is 10.8 Å². The molecule has 0 radical (unpaired) electrons. The lowest BCUT2D eigenvalue weighted by Crippen LogP contribution is -1.87. The van der Waals surface area contributed by atoms with Gasteiger partial charge in [-0.15, -0.1) is 11.3 Å². The van der Waals surface area contributed by atoms with Crippen molar-refractivity contribution in [2.24, 2.45) is 0 Å². The Morgan fingerprint density at radius 3 is 2.85 bits per heavy atom.